The molecule has 0 unspecified atom stereocenters. The van der Waals surface area contributed by atoms with E-state index in [4.69, 9.17) is 9.47 Å². The molecular weight excluding hydrogens is 771 g/mol. The van der Waals surface area contributed by atoms with E-state index in [0.717, 1.165) is 6.07 Å². The summed E-state index contributed by atoms with van der Waals surface area (Å²) in [6, 6.07) is 1.70. The van der Waals surface area contributed by atoms with Gasteiger partial charge in [-0.3, -0.25) is 4.79 Å². The van der Waals surface area contributed by atoms with Crippen LogP contribution in [-0.4, -0.2) is 76.2 Å². The van der Waals surface area contributed by atoms with E-state index >= 15 is 0 Å². The largest absolute Gasteiger partial charge is 0.512 e. The van der Waals surface area contributed by atoms with Crippen molar-refractivity contribution >= 4 is 47.9 Å². The average molecular weight is 799 g/mol. The lowest BCUT2D eigenvalue weighted by Crippen LogP contribution is -2.65. The third-order valence-corrected chi connectivity index (χ3v) is 12.5. The molecule has 1 aromatic rings. The number of halogens is 9. The van der Waals surface area contributed by atoms with Crippen LogP contribution in [0.15, 0.2) is 18.2 Å². The smallest absolute Gasteiger partial charge is 0.456 e. The van der Waals surface area contributed by atoms with Gasteiger partial charge in [0.15, 0.2) is 0 Å². The van der Waals surface area contributed by atoms with Gasteiger partial charge >= 0.3 is 53.9 Å². The number of amides is 1. The molecule has 0 saturated heterocycles. The molecule has 0 aliphatic heterocycles. The zero-order valence-electron chi connectivity index (χ0n) is 25.5. The van der Waals surface area contributed by atoms with E-state index in [9.17, 15) is 79.2 Å². The number of esters is 2. The Morgan fingerprint density at radius 2 is 0.940 bits per heavy atom. The summed E-state index contributed by atoms with van der Waals surface area (Å²) in [4.78, 5) is 38.9. The normalized spacial score (nSPS) is 18.8. The van der Waals surface area contributed by atoms with Gasteiger partial charge in [0.05, 0.1) is 11.1 Å². The van der Waals surface area contributed by atoms with Gasteiger partial charge in [0.25, 0.3) is 15.9 Å². The summed E-state index contributed by atoms with van der Waals surface area (Å²) in [7, 11) is -23.1. The molecule has 0 aromatic heterocycles. The van der Waals surface area contributed by atoms with Gasteiger partial charge in [-0.25, -0.2) is 31.1 Å². The van der Waals surface area contributed by atoms with Crippen molar-refractivity contribution in [3.63, 3.8) is 0 Å². The minimum atomic E-state index is -8.04. The minimum absolute atomic E-state index is 0.261. The van der Waals surface area contributed by atoms with Crippen molar-refractivity contribution in [3.05, 3.63) is 34.9 Å². The molecule has 0 atom stereocenters. The Morgan fingerprint density at radius 1 is 0.600 bits per heavy atom. The standard InChI is InChI=1S/C25H27F9N2O11S3/c1-20(7-3-4-8-20)46-18(38)15-11-14(12-16(13-15)19(39)47-21(2)9-5-6-10-21)17(37)35-48(40,41)23(28,29)22(26,27)24(30,31)49(42,43)36-50(44,45)25(32,33)34/h11-13,36H,3-10H2,1-2H3,(H,35,37). The number of carbonyl (C=O) groups excluding carboxylic acids is 3. The number of nitrogens with one attached hydrogen (secondary N) is 2. The number of hydrogen-bond donors (Lipinski definition) is 2. The lowest BCUT2D eigenvalue weighted by atomic mass is 10.0. The van der Waals surface area contributed by atoms with E-state index in [1.54, 1.807) is 0 Å². The van der Waals surface area contributed by atoms with Gasteiger partial charge in [0, 0.05) is 5.56 Å². The lowest BCUT2D eigenvalue weighted by molar-refractivity contribution is -0.244. The maximum atomic E-state index is 14.7. The van der Waals surface area contributed by atoms with Gasteiger partial charge in [-0.1, -0.05) is 4.13 Å². The molecule has 13 nitrogen and oxygen atoms in total. The minimum Gasteiger partial charge on any atom is -0.456 e. The van der Waals surface area contributed by atoms with Gasteiger partial charge in [0.2, 0.25) is 0 Å². The monoisotopic (exact) mass is 798 g/mol. The van der Waals surface area contributed by atoms with Crippen LogP contribution in [0.4, 0.5) is 39.5 Å². The van der Waals surface area contributed by atoms with Crippen molar-refractivity contribution in [2.45, 2.75) is 98.4 Å². The number of ether oxygens (including phenoxy) is 2. The first-order valence-electron chi connectivity index (χ1n) is 14.0. The van der Waals surface area contributed by atoms with Crippen LogP contribution in [0.3, 0.4) is 0 Å². The number of carbonyl (C=O) groups is 3. The van der Waals surface area contributed by atoms with Crippen molar-refractivity contribution in [2.75, 3.05) is 0 Å². The molecule has 2 aliphatic carbocycles. The first-order valence-corrected chi connectivity index (χ1v) is 18.5. The summed E-state index contributed by atoms with van der Waals surface area (Å²) in [5.41, 5.74) is -11.5. The molecule has 2 N–H and O–H groups in total. The molecule has 2 aliphatic rings. The Bertz CT molecular complexity index is 1820. The van der Waals surface area contributed by atoms with E-state index in [1.807, 2.05) is 0 Å². The Balaban J connectivity index is 2.02. The highest BCUT2D eigenvalue weighted by Crippen LogP contribution is 2.50. The molecule has 0 radical (unpaired) electrons. The van der Waals surface area contributed by atoms with Crippen molar-refractivity contribution in [3.8, 4) is 0 Å². The molecule has 0 spiro atoms. The Hall–Kier alpha value is -3.19. The maximum absolute atomic E-state index is 14.7. The van der Waals surface area contributed by atoms with E-state index < -0.39 is 102 Å². The summed E-state index contributed by atoms with van der Waals surface area (Å²) < 4.78 is 204. The van der Waals surface area contributed by atoms with Gasteiger partial charge in [-0.2, -0.15) is 47.9 Å². The Morgan fingerprint density at radius 3 is 1.30 bits per heavy atom. The van der Waals surface area contributed by atoms with Crippen molar-refractivity contribution in [1.82, 2.24) is 8.85 Å². The number of benzene rings is 1. The highest BCUT2D eigenvalue weighted by atomic mass is 32.3. The summed E-state index contributed by atoms with van der Waals surface area (Å²) in [5.74, 6) is -12.7. The second kappa shape index (κ2) is 13.1. The van der Waals surface area contributed by atoms with E-state index in [1.165, 1.54) is 13.8 Å². The fraction of sp³-hybridized carbons (Fsp3) is 0.640. The van der Waals surface area contributed by atoms with E-state index in [0.29, 0.717) is 63.5 Å². The van der Waals surface area contributed by atoms with Crippen LogP contribution in [0.25, 0.3) is 0 Å². The fourth-order valence-corrected chi connectivity index (χ4v) is 8.44. The summed E-state index contributed by atoms with van der Waals surface area (Å²) >= 11 is 0. The quantitative estimate of drug-likeness (QED) is 0.226. The third-order valence-electron chi connectivity index (χ3n) is 7.82. The number of rotatable bonds is 12. The molecule has 0 bridgehead atoms. The molecule has 1 aromatic carbocycles. The highest BCUT2D eigenvalue weighted by Gasteiger charge is 2.83. The molecule has 50 heavy (non-hydrogen) atoms. The van der Waals surface area contributed by atoms with Gasteiger partial charge < -0.3 is 9.47 Å². The van der Waals surface area contributed by atoms with Crippen LogP contribution < -0.4 is 8.85 Å². The van der Waals surface area contributed by atoms with Crippen LogP contribution in [0.1, 0.15) is 96.3 Å². The molecular formula is C25H27F9N2O11S3. The molecule has 2 fully saturated rings. The van der Waals surface area contributed by atoms with Crippen LogP contribution in [-0.2, 0) is 39.5 Å². The van der Waals surface area contributed by atoms with E-state index in [2.05, 4.69) is 0 Å². The lowest BCUT2D eigenvalue weighted by Gasteiger charge is -2.31. The van der Waals surface area contributed by atoms with Gasteiger partial charge in [-0.05, 0) is 83.4 Å². The Labute approximate surface area is 278 Å². The van der Waals surface area contributed by atoms with Crippen LogP contribution in [0.2, 0.25) is 0 Å². The second-order valence-electron chi connectivity index (χ2n) is 12.0. The van der Waals surface area contributed by atoms with E-state index in [-0.39, 0.29) is 4.72 Å². The maximum Gasteiger partial charge on any atom is 0.512 e. The topological polar surface area (TPSA) is 196 Å². The third kappa shape index (κ3) is 7.83. The first kappa shape index (κ1) is 41.2. The number of sulfonamides is 3. The second-order valence-corrected chi connectivity index (χ2v) is 17.4. The molecule has 0 heterocycles. The average Bonchev–Trinajstić information content (AvgIpc) is 3.58. The number of alkyl halides is 9. The SMILES string of the molecule is CC1(OC(=O)c2cc(C(=O)NS(=O)(=O)C(F)(F)C(F)(F)C(F)(F)S(=O)(=O)NS(=O)(=O)C(F)(F)F)cc(C(=O)OC3(C)CCCC3)c2)CCCC1. The fourth-order valence-electron chi connectivity index (χ4n) is 5.01. The zero-order valence-corrected chi connectivity index (χ0v) is 28.0. The first-order chi connectivity index (χ1) is 22.3. The van der Waals surface area contributed by atoms with Crippen LogP contribution in [0.5, 0.6) is 0 Å². The molecule has 1 amide bonds. The summed E-state index contributed by atoms with van der Waals surface area (Å²) in [6.07, 6.45) is 4.00. The zero-order chi connectivity index (χ0) is 38.6. The van der Waals surface area contributed by atoms with Crippen LogP contribution in [0, 0.1) is 0 Å². The summed E-state index contributed by atoms with van der Waals surface area (Å²) in [6.45, 7) is 3.06. The highest BCUT2D eigenvalue weighted by molar-refractivity contribution is 8.05. The van der Waals surface area contributed by atoms with Crippen molar-refractivity contribution < 1.29 is 88.6 Å². The summed E-state index contributed by atoms with van der Waals surface area (Å²) in [5, 5.41) is -15.0. The van der Waals surface area contributed by atoms with Crippen molar-refractivity contribution in [1.29, 1.82) is 0 Å². The predicted octanol–water partition coefficient (Wildman–Crippen LogP) is 4.32. The molecule has 25 heteroatoms. The van der Waals surface area contributed by atoms with Crippen LogP contribution >= 0.6 is 0 Å². The van der Waals surface area contributed by atoms with Crippen molar-refractivity contribution in [2.24, 2.45) is 0 Å². The van der Waals surface area contributed by atoms with Gasteiger partial charge in [0.1, 0.15) is 11.2 Å². The predicted molar refractivity (Wildman–Crippen MR) is 149 cm³/mol. The number of hydrogen-bond acceptors (Lipinski definition) is 11. The molecule has 2 saturated carbocycles. The van der Waals surface area contributed by atoms with Gasteiger partial charge in [-0.15, -0.1) is 0 Å². The Kier molecular flexibility index (Phi) is 10.8. The molecule has 3 rings (SSSR count). The molecule has 284 valence electrons.